The minimum atomic E-state index is -0.0548. The number of nitrogens with zero attached hydrogens (tertiary/aromatic N) is 1. The highest BCUT2D eigenvalue weighted by Crippen LogP contribution is 2.16. The molecule has 158 valence electrons. The zero-order valence-corrected chi connectivity index (χ0v) is 20.1. The fourth-order valence-corrected chi connectivity index (χ4v) is 2.94. The number of carbonyl (C=O) groups excluding carboxylic acids is 1. The average molecular weight is 508 g/mol. The number of guanidine groups is 1. The van der Waals surface area contributed by atoms with Crippen LogP contribution in [-0.4, -0.2) is 31.5 Å². The molecular formula is C23H33IN4O. The molecule has 0 aliphatic carbocycles. The van der Waals surface area contributed by atoms with Crippen LogP contribution in [-0.2, 0) is 11.2 Å². The third-order valence-corrected chi connectivity index (χ3v) is 4.46. The summed E-state index contributed by atoms with van der Waals surface area (Å²) < 4.78 is 0. The summed E-state index contributed by atoms with van der Waals surface area (Å²) >= 11 is 0. The Morgan fingerprint density at radius 1 is 1.10 bits per heavy atom. The van der Waals surface area contributed by atoms with Crippen molar-refractivity contribution in [1.29, 1.82) is 0 Å². The zero-order valence-electron chi connectivity index (χ0n) is 17.8. The highest BCUT2D eigenvalue weighted by molar-refractivity contribution is 14.0. The molecule has 5 nitrogen and oxygen atoms in total. The normalized spacial score (nSPS) is 11.9. The molecular weight excluding hydrogens is 475 g/mol. The number of anilines is 1. The number of carbonyl (C=O) groups is 1. The van der Waals surface area contributed by atoms with Crippen LogP contribution in [0.3, 0.4) is 0 Å². The van der Waals surface area contributed by atoms with Gasteiger partial charge in [-0.25, -0.2) is 0 Å². The van der Waals surface area contributed by atoms with Gasteiger partial charge in [0.2, 0.25) is 5.91 Å². The molecule has 2 aromatic rings. The first kappa shape index (κ1) is 24.9. The van der Waals surface area contributed by atoms with Crippen LogP contribution in [0.5, 0.6) is 0 Å². The minimum absolute atomic E-state index is 0. The molecule has 0 radical (unpaired) electrons. The Labute approximate surface area is 191 Å². The molecule has 1 amide bonds. The molecule has 0 spiro atoms. The summed E-state index contributed by atoms with van der Waals surface area (Å²) in [7, 11) is 0. The number of benzene rings is 2. The Morgan fingerprint density at radius 2 is 1.83 bits per heavy atom. The number of halogens is 1. The van der Waals surface area contributed by atoms with Crippen molar-refractivity contribution in [2.75, 3.05) is 25.0 Å². The SMILES string of the molecule is CCNC(=NCC(C)c1cccc(C)c1)NCCc1ccc(NC(C)=O)cc1.I. The Kier molecular flexibility index (Phi) is 11.3. The van der Waals surface area contributed by atoms with E-state index in [2.05, 4.69) is 61.0 Å². The molecule has 0 aliphatic heterocycles. The number of aryl methyl sites for hydroxylation is 1. The van der Waals surface area contributed by atoms with Crippen LogP contribution in [0.2, 0.25) is 0 Å². The van der Waals surface area contributed by atoms with E-state index in [1.54, 1.807) is 0 Å². The smallest absolute Gasteiger partial charge is 0.221 e. The lowest BCUT2D eigenvalue weighted by atomic mass is 10.00. The van der Waals surface area contributed by atoms with Crippen molar-refractivity contribution >= 4 is 41.5 Å². The maximum Gasteiger partial charge on any atom is 0.221 e. The predicted molar refractivity (Wildman–Crippen MR) is 133 cm³/mol. The zero-order chi connectivity index (χ0) is 20.4. The second-order valence-electron chi connectivity index (χ2n) is 7.09. The first-order valence-corrected chi connectivity index (χ1v) is 9.93. The molecule has 0 heterocycles. The molecule has 6 heteroatoms. The van der Waals surface area contributed by atoms with E-state index in [9.17, 15) is 4.79 Å². The molecule has 1 atom stereocenters. The van der Waals surface area contributed by atoms with Gasteiger partial charge in [0.1, 0.15) is 0 Å². The second-order valence-corrected chi connectivity index (χ2v) is 7.09. The van der Waals surface area contributed by atoms with E-state index in [0.717, 1.165) is 37.7 Å². The van der Waals surface area contributed by atoms with Gasteiger partial charge in [0.15, 0.2) is 5.96 Å². The summed E-state index contributed by atoms with van der Waals surface area (Å²) in [6.45, 7) is 10.3. The molecule has 0 aromatic heterocycles. The second kappa shape index (κ2) is 13.2. The fourth-order valence-electron chi connectivity index (χ4n) is 2.94. The molecule has 29 heavy (non-hydrogen) atoms. The van der Waals surface area contributed by atoms with E-state index >= 15 is 0 Å². The highest BCUT2D eigenvalue weighted by Gasteiger charge is 2.06. The monoisotopic (exact) mass is 508 g/mol. The molecule has 1 unspecified atom stereocenters. The van der Waals surface area contributed by atoms with Gasteiger partial charge < -0.3 is 16.0 Å². The first-order chi connectivity index (χ1) is 13.5. The topological polar surface area (TPSA) is 65.5 Å². The van der Waals surface area contributed by atoms with E-state index in [0.29, 0.717) is 5.92 Å². The van der Waals surface area contributed by atoms with Crippen molar-refractivity contribution in [3.63, 3.8) is 0 Å². The van der Waals surface area contributed by atoms with Crippen molar-refractivity contribution in [2.45, 2.75) is 40.0 Å². The predicted octanol–water partition coefficient (Wildman–Crippen LogP) is 4.47. The van der Waals surface area contributed by atoms with Crippen molar-refractivity contribution in [3.8, 4) is 0 Å². The summed E-state index contributed by atoms with van der Waals surface area (Å²) in [5.41, 5.74) is 4.64. The number of amides is 1. The van der Waals surface area contributed by atoms with Crippen LogP contribution >= 0.6 is 24.0 Å². The van der Waals surface area contributed by atoms with E-state index in [1.165, 1.54) is 23.6 Å². The Hall–Kier alpha value is -2.09. The lowest BCUT2D eigenvalue weighted by Gasteiger charge is -2.14. The summed E-state index contributed by atoms with van der Waals surface area (Å²) in [6.07, 6.45) is 0.887. The molecule has 0 saturated heterocycles. The summed E-state index contributed by atoms with van der Waals surface area (Å²) in [5, 5.41) is 9.50. The van der Waals surface area contributed by atoms with E-state index in [4.69, 9.17) is 4.99 Å². The first-order valence-electron chi connectivity index (χ1n) is 9.93. The highest BCUT2D eigenvalue weighted by atomic mass is 127. The van der Waals surface area contributed by atoms with Gasteiger partial charge in [-0.2, -0.15) is 0 Å². The molecule has 2 aromatic carbocycles. The molecule has 0 bridgehead atoms. The quantitative estimate of drug-likeness (QED) is 0.280. The third kappa shape index (κ3) is 9.30. The molecule has 0 fully saturated rings. The molecule has 3 N–H and O–H groups in total. The average Bonchev–Trinajstić information content (AvgIpc) is 2.66. The van der Waals surface area contributed by atoms with Crippen LogP contribution in [0.15, 0.2) is 53.5 Å². The van der Waals surface area contributed by atoms with Crippen molar-refractivity contribution in [2.24, 2.45) is 4.99 Å². The maximum absolute atomic E-state index is 11.1. The van der Waals surface area contributed by atoms with Gasteiger partial charge >= 0.3 is 0 Å². The van der Waals surface area contributed by atoms with Crippen molar-refractivity contribution in [3.05, 3.63) is 65.2 Å². The van der Waals surface area contributed by atoms with Crippen LogP contribution in [0, 0.1) is 6.92 Å². The standard InChI is InChI=1S/C23H32N4O.HI/c1-5-24-23(26-16-18(3)21-8-6-7-17(2)15-21)25-14-13-20-9-11-22(12-10-20)27-19(4)28;/h6-12,15,18H,5,13-14,16H2,1-4H3,(H,27,28)(H2,24,25,26);1H. The largest absolute Gasteiger partial charge is 0.357 e. The Balaban J connectivity index is 0.00000420. The molecule has 0 aliphatic rings. The maximum atomic E-state index is 11.1. The Bertz CT molecular complexity index is 790. The van der Waals surface area contributed by atoms with E-state index < -0.39 is 0 Å². The third-order valence-electron chi connectivity index (χ3n) is 4.46. The van der Waals surface area contributed by atoms with Crippen LogP contribution in [0.25, 0.3) is 0 Å². The van der Waals surface area contributed by atoms with Gasteiger partial charge in [0.25, 0.3) is 0 Å². The van der Waals surface area contributed by atoms with Crippen molar-refractivity contribution < 1.29 is 4.79 Å². The lowest BCUT2D eigenvalue weighted by Crippen LogP contribution is -2.38. The van der Waals surface area contributed by atoms with E-state index in [-0.39, 0.29) is 29.9 Å². The summed E-state index contributed by atoms with van der Waals surface area (Å²) in [6, 6.07) is 16.6. The van der Waals surface area contributed by atoms with E-state index in [1.807, 2.05) is 24.3 Å². The minimum Gasteiger partial charge on any atom is -0.357 e. The van der Waals surface area contributed by atoms with Crippen LogP contribution in [0.1, 0.15) is 43.4 Å². The van der Waals surface area contributed by atoms with Gasteiger partial charge in [0, 0.05) is 38.2 Å². The van der Waals surface area contributed by atoms with Gasteiger partial charge in [-0.15, -0.1) is 24.0 Å². The summed E-state index contributed by atoms with van der Waals surface area (Å²) in [4.78, 5) is 15.8. The van der Waals surface area contributed by atoms with Gasteiger partial charge in [-0.3, -0.25) is 9.79 Å². The molecule has 2 rings (SSSR count). The number of nitrogens with one attached hydrogen (secondary N) is 3. The van der Waals surface area contributed by atoms with Gasteiger partial charge in [-0.1, -0.05) is 48.9 Å². The fraction of sp³-hybridized carbons (Fsp3) is 0.391. The summed E-state index contributed by atoms with van der Waals surface area (Å²) in [5.74, 6) is 1.16. The number of rotatable bonds is 8. The molecule has 0 saturated carbocycles. The van der Waals surface area contributed by atoms with Crippen LogP contribution in [0.4, 0.5) is 5.69 Å². The van der Waals surface area contributed by atoms with Crippen LogP contribution < -0.4 is 16.0 Å². The number of aliphatic imine (C=N–C) groups is 1. The Morgan fingerprint density at radius 3 is 2.45 bits per heavy atom. The van der Waals surface area contributed by atoms with Gasteiger partial charge in [0.05, 0.1) is 0 Å². The number of hydrogen-bond acceptors (Lipinski definition) is 2. The lowest BCUT2D eigenvalue weighted by molar-refractivity contribution is -0.114. The van der Waals surface area contributed by atoms with Gasteiger partial charge in [-0.05, 0) is 43.5 Å². The number of hydrogen-bond donors (Lipinski definition) is 3. The van der Waals surface area contributed by atoms with Crippen molar-refractivity contribution in [1.82, 2.24) is 10.6 Å².